The van der Waals surface area contributed by atoms with Crippen molar-refractivity contribution >= 4 is 40.7 Å². The molecule has 6 heteroatoms. The number of nitrogens with two attached hydrogens (primary N) is 1. The number of hydrogen-bond donors (Lipinski definition) is 1. The molecule has 0 saturated heterocycles. The Morgan fingerprint density at radius 1 is 1.05 bits per heavy atom. The first-order valence-corrected chi connectivity index (χ1v) is 6.77. The summed E-state index contributed by atoms with van der Waals surface area (Å²) in [7, 11) is 0. The highest BCUT2D eigenvalue weighted by atomic mass is 35.5. The van der Waals surface area contributed by atoms with Crippen LogP contribution in [0, 0.1) is 0 Å². The fourth-order valence-electron chi connectivity index (χ4n) is 1.56. The average Bonchev–Trinajstić information content (AvgIpc) is 2.40. The molecule has 0 aliphatic rings. The molecule has 2 aromatic carbocycles. The van der Waals surface area contributed by atoms with Crippen LogP contribution in [0.15, 0.2) is 36.4 Å². The largest absolute Gasteiger partial charge is 0.487 e. The predicted octanol–water partition coefficient (Wildman–Crippen LogP) is 4.32. The number of hydrogen-bond acceptors (Lipinski definition) is 2. The van der Waals surface area contributed by atoms with Gasteiger partial charge in [-0.05, 0) is 24.3 Å². The molecule has 2 aromatic rings. The van der Waals surface area contributed by atoms with E-state index in [1.54, 1.807) is 30.3 Å². The molecule has 2 N–H and O–H groups in total. The van der Waals surface area contributed by atoms with Crippen LogP contribution in [0.1, 0.15) is 15.9 Å². The Balaban J connectivity index is 2.15. The molecule has 2 rings (SSSR count). The Bertz CT molecular complexity index is 659. The van der Waals surface area contributed by atoms with Crippen molar-refractivity contribution < 1.29 is 9.53 Å². The molecule has 0 spiro atoms. The van der Waals surface area contributed by atoms with E-state index >= 15 is 0 Å². The summed E-state index contributed by atoms with van der Waals surface area (Å²) < 4.78 is 5.57. The molecule has 3 nitrogen and oxygen atoms in total. The summed E-state index contributed by atoms with van der Waals surface area (Å²) in [5.41, 5.74) is 6.24. The first-order valence-electron chi connectivity index (χ1n) is 5.63. The minimum atomic E-state index is -0.530. The Labute approximate surface area is 131 Å². The number of rotatable bonds is 4. The van der Waals surface area contributed by atoms with Gasteiger partial charge in [0.2, 0.25) is 5.91 Å². The second kappa shape index (κ2) is 6.35. The maximum Gasteiger partial charge on any atom is 0.248 e. The van der Waals surface area contributed by atoms with Gasteiger partial charge in [-0.25, -0.2) is 0 Å². The van der Waals surface area contributed by atoms with Crippen LogP contribution >= 0.6 is 34.8 Å². The summed E-state index contributed by atoms with van der Waals surface area (Å²) in [6.07, 6.45) is 0. The molecule has 0 bridgehead atoms. The Kier molecular flexibility index (Phi) is 4.76. The van der Waals surface area contributed by atoms with Gasteiger partial charge in [0.05, 0.1) is 5.02 Å². The molecule has 0 saturated carbocycles. The highest BCUT2D eigenvalue weighted by Gasteiger charge is 2.08. The standard InChI is InChI=1S/C14H10Cl3NO2/c15-10-3-4-11(16)13(6-10)20-7-9-2-1-8(14(18)19)5-12(9)17/h1-6H,7H2,(H2,18,19). The van der Waals surface area contributed by atoms with Gasteiger partial charge in [0.25, 0.3) is 0 Å². The van der Waals surface area contributed by atoms with Crippen molar-refractivity contribution in [2.75, 3.05) is 0 Å². The normalized spacial score (nSPS) is 10.3. The molecule has 0 unspecified atom stereocenters. The lowest BCUT2D eigenvalue weighted by Crippen LogP contribution is -2.11. The summed E-state index contributed by atoms with van der Waals surface area (Å²) >= 11 is 17.9. The molecule has 104 valence electrons. The highest BCUT2D eigenvalue weighted by Crippen LogP contribution is 2.29. The van der Waals surface area contributed by atoms with Gasteiger partial charge in [-0.2, -0.15) is 0 Å². The lowest BCUT2D eigenvalue weighted by Gasteiger charge is -2.10. The van der Waals surface area contributed by atoms with Crippen LogP contribution < -0.4 is 10.5 Å². The number of carbonyl (C=O) groups is 1. The van der Waals surface area contributed by atoms with Crippen LogP contribution in [-0.2, 0) is 6.61 Å². The number of amides is 1. The van der Waals surface area contributed by atoms with E-state index in [-0.39, 0.29) is 6.61 Å². The summed E-state index contributed by atoms with van der Waals surface area (Å²) in [6, 6.07) is 9.72. The molecular weight excluding hydrogens is 321 g/mol. The van der Waals surface area contributed by atoms with Gasteiger partial charge in [-0.3, -0.25) is 4.79 Å². The summed E-state index contributed by atoms with van der Waals surface area (Å²) in [5, 5.41) is 1.39. The molecule has 0 aliphatic carbocycles. The van der Waals surface area contributed by atoms with Crippen molar-refractivity contribution in [3.8, 4) is 5.75 Å². The first kappa shape index (κ1) is 15.0. The van der Waals surface area contributed by atoms with E-state index in [9.17, 15) is 4.79 Å². The maximum absolute atomic E-state index is 11.0. The molecule has 0 radical (unpaired) electrons. The van der Waals surface area contributed by atoms with Crippen molar-refractivity contribution in [3.63, 3.8) is 0 Å². The van der Waals surface area contributed by atoms with E-state index in [1.165, 1.54) is 6.07 Å². The Morgan fingerprint density at radius 2 is 1.80 bits per heavy atom. The van der Waals surface area contributed by atoms with Gasteiger partial charge in [-0.1, -0.05) is 40.9 Å². The van der Waals surface area contributed by atoms with E-state index in [4.69, 9.17) is 45.3 Å². The topological polar surface area (TPSA) is 52.3 Å². The van der Waals surface area contributed by atoms with Crippen LogP contribution in [0.4, 0.5) is 0 Å². The quantitative estimate of drug-likeness (QED) is 0.907. The fourth-order valence-corrected chi connectivity index (χ4v) is 2.13. The van der Waals surface area contributed by atoms with Crippen LogP contribution in [0.2, 0.25) is 15.1 Å². The van der Waals surface area contributed by atoms with E-state index in [1.807, 2.05) is 0 Å². The number of ether oxygens (including phenoxy) is 1. The van der Waals surface area contributed by atoms with E-state index < -0.39 is 5.91 Å². The van der Waals surface area contributed by atoms with Gasteiger partial charge in [-0.15, -0.1) is 0 Å². The van der Waals surface area contributed by atoms with Gasteiger partial charge in [0.1, 0.15) is 12.4 Å². The summed E-state index contributed by atoms with van der Waals surface area (Å²) in [4.78, 5) is 11.0. The zero-order chi connectivity index (χ0) is 14.7. The van der Waals surface area contributed by atoms with Crippen molar-refractivity contribution in [2.24, 2.45) is 5.73 Å². The molecule has 0 aliphatic heterocycles. The van der Waals surface area contributed by atoms with Crippen molar-refractivity contribution in [2.45, 2.75) is 6.61 Å². The zero-order valence-corrected chi connectivity index (χ0v) is 12.5. The number of carbonyl (C=O) groups excluding carboxylic acids is 1. The van der Waals surface area contributed by atoms with E-state index in [0.717, 1.165) is 0 Å². The predicted molar refractivity (Wildman–Crippen MR) is 80.8 cm³/mol. The highest BCUT2D eigenvalue weighted by molar-refractivity contribution is 6.34. The zero-order valence-electron chi connectivity index (χ0n) is 10.2. The first-order chi connectivity index (χ1) is 9.47. The van der Waals surface area contributed by atoms with Gasteiger partial charge in [0, 0.05) is 27.2 Å². The number of halogens is 3. The summed E-state index contributed by atoms with van der Waals surface area (Å²) in [6.45, 7) is 0.206. The number of benzene rings is 2. The minimum Gasteiger partial charge on any atom is -0.487 e. The van der Waals surface area contributed by atoms with Crippen molar-refractivity contribution in [1.29, 1.82) is 0 Å². The third kappa shape index (κ3) is 3.57. The Hall–Kier alpha value is -1.42. The second-order valence-electron chi connectivity index (χ2n) is 4.03. The van der Waals surface area contributed by atoms with Crippen LogP contribution in [0.3, 0.4) is 0 Å². The molecule has 0 aromatic heterocycles. The van der Waals surface area contributed by atoms with Crippen LogP contribution in [-0.4, -0.2) is 5.91 Å². The average molecular weight is 331 g/mol. The smallest absolute Gasteiger partial charge is 0.248 e. The third-order valence-electron chi connectivity index (χ3n) is 2.61. The van der Waals surface area contributed by atoms with Crippen LogP contribution in [0.25, 0.3) is 0 Å². The van der Waals surface area contributed by atoms with Crippen molar-refractivity contribution in [3.05, 3.63) is 62.6 Å². The van der Waals surface area contributed by atoms with Gasteiger partial charge < -0.3 is 10.5 Å². The van der Waals surface area contributed by atoms with E-state index in [2.05, 4.69) is 0 Å². The second-order valence-corrected chi connectivity index (χ2v) is 5.28. The Morgan fingerprint density at radius 3 is 2.45 bits per heavy atom. The lowest BCUT2D eigenvalue weighted by molar-refractivity contribution is 0.1000. The minimum absolute atomic E-state index is 0.206. The van der Waals surface area contributed by atoms with E-state index in [0.29, 0.717) is 31.9 Å². The lowest BCUT2D eigenvalue weighted by atomic mass is 10.1. The molecule has 0 heterocycles. The molecule has 1 amide bonds. The number of primary amides is 1. The third-order valence-corrected chi connectivity index (χ3v) is 3.51. The van der Waals surface area contributed by atoms with Crippen LogP contribution in [0.5, 0.6) is 5.75 Å². The maximum atomic E-state index is 11.0. The molecular formula is C14H10Cl3NO2. The molecule has 0 atom stereocenters. The fraction of sp³-hybridized carbons (Fsp3) is 0.0714. The van der Waals surface area contributed by atoms with Gasteiger partial charge in [0.15, 0.2) is 0 Å². The van der Waals surface area contributed by atoms with Gasteiger partial charge >= 0.3 is 0 Å². The van der Waals surface area contributed by atoms with Crippen molar-refractivity contribution in [1.82, 2.24) is 0 Å². The SMILES string of the molecule is NC(=O)c1ccc(COc2cc(Cl)ccc2Cl)c(Cl)c1. The summed E-state index contributed by atoms with van der Waals surface area (Å²) in [5.74, 6) is -0.0635. The molecule has 20 heavy (non-hydrogen) atoms. The monoisotopic (exact) mass is 329 g/mol. The molecule has 0 fully saturated rings.